The molecule has 0 unspecified atom stereocenters. The van der Waals surface area contributed by atoms with Crippen LogP contribution in [0.15, 0.2) is 54.7 Å². The molecule has 5 rings (SSSR count). The first-order chi connectivity index (χ1) is 16.2. The largest absolute Gasteiger partial charge is 0.493 e. The summed E-state index contributed by atoms with van der Waals surface area (Å²) in [6, 6.07) is 15.3. The van der Waals surface area contributed by atoms with Crippen LogP contribution in [0.3, 0.4) is 0 Å². The molecule has 3 aromatic rings. The summed E-state index contributed by atoms with van der Waals surface area (Å²) in [7, 11) is 1.62. The number of hydrogen-bond acceptors (Lipinski definition) is 6. The minimum atomic E-state index is -0.133. The number of fused-ring (bicyclic) bond motifs is 1. The van der Waals surface area contributed by atoms with Gasteiger partial charge in [0.15, 0.2) is 17.3 Å². The lowest BCUT2D eigenvalue weighted by Crippen LogP contribution is -2.28. The van der Waals surface area contributed by atoms with Crippen molar-refractivity contribution in [1.29, 1.82) is 0 Å². The number of carbonyl (C=O) groups is 1. The van der Waals surface area contributed by atoms with Crippen molar-refractivity contribution in [3.05, 3.63) is 66.0 Å². The van der Waals surface area contributed by atoms with Gasteiger partial charge in [-0.1, -0.05) is 30.3 Å². The van der Waals surface area contributed by atoms with E-state index in [1.807, 2.05) is 48.5 Å². The number of aromatic nitrogens is 2. The van der Waals surface area contributed by atoms with Crippen LogP contribution in [-0.4, -0.2) is 42.7 Å². The molecule has 0 aliphatic carbocycles. The molecule has 7 heteroatoms. The van der Waals surface area contributed by atoms with Crippen LogP contribution >= 0.6 is 0 Å². The quantitative estimate of drug-likeness (QED) is 0.592. The summed E-state index contributed by atoms with van der Waals surface area (Å²) in [6.07, 6.45) is 5.19. The summed E-state index contributed by atoms with van der Waals surface area (Å²) >= 11 is 0. The highest BCUT2D eigenvalue weighted by atomic mass is 16.5. The normalized spacial score (nSPS) is 16.0. The van der Waals surface area contributed by atoms with E-state index >= 15 is 0 Å². The van der Waals surface area contributed by atoms with Gasteiger partial charge in [0.2, 0.25) is 0 Å². The van der Waals surface area contributed by atoms with Gasteiger partial charge >= 0.3 is 0 Å². The molecule has 2 aliphatic heterocycles. The van der Waals surface area contributed by atoms with Gasteiger partial charge in [-0.3, -0.25) is 4.79 Å². The van der Waals surface area contributed by atoms with E-state index in [4.69, 9.17) is 9.47 Å². The number of methoxy groups -OCH3 is 1. The number of carbonyl (C=O) groups excluding carboxylic acids is 1. The molecule has 1 saturated heterocycles. The van der Waals surface area contributed by atoms with Crippen molar-refractivity contribution in [2.75, 3.05) is 31.7 Å². The number of rotatable bonds is 7. The smallest absolute Gasteiger partial charge is 0.277 e. The molecule has 0 spiro atoms. The summed E-state index contributed by atoms with van der Waals surface area (Å²) in [6.45, 7) is 3.27. The predicted molar refractivity (Wildman–Crippen MR) is 127 cm³/mol. The minimum absolute atomic E-state index is 0.133. The number of anilines is 1. The third-order valence-electron chi connectivity index (χ3n) is 6.37. The van der Waals surface area contributed by atoms with Crippen LogP contribution in [-0.2, 0) is 6.54 Å². The maximum atomic E-state index is 13.2. The Kier molecular flexibility index (Phi) is 6.21. The summed E-state index contributed by atoms with van der Waals surface area (Å²) < 4.78 is 11.6. The second-order valence-electron chi connectivity index (χ2n) is 8.49. The van der Waals surface area contributed by atoms with Crippen molar-refractivity contribution in [2.24, 2.45) is 5.92 Å². The number of hydrogen-bond donors (Lipinski definition) is 1. The fourth-order valence-electron chi connectivity index (χ4n) is 4.46. The second-order valence-corrected chi connectivity index (χ2v) is 8.49. The van der Waals surface area contributed by atoms with E-state index in [2.05, 4.69) is 15.3 Å². The summed E-state index contributed by atoms with van der Waals surface area (Å²) in [5.74, 6) is 2.45. The first-order valence-corrected chi connectivity index (χ1v) is 11.5. The Balaban J connectivity index is 1.30. The standard InChI is InChI=1S/C26H28N4O3/c1-32-23-15-21(7-8-22(23)33-14-11-18-9-12-27-13-10-18)30-17-20-16-28-25(29-24(20)26(30)31)19-5-3-2-4-6-19/h2-8,15-16,18,27H,9-14,17H2,1H3. The zero-order chi connectivity index (χ0) is 22.6. The second kappa shape index (κ2) is 9.58. The number of nitrogens with one attached hydrogen (secondary N) is 1. The van der Waals surface area contributed by atoms with E-state index in [1.165, 1.54) is 12.8 Å². The first-order valence-electron chi connectivity index (χ1n) is 11.5. The van der Waals surface area contributed by atoms with Crippen LogP contribution in [0.2, 0.25) is 0 Å². The predicted octanol–water partition coefficient (Wildman–Crippen LogP) is 4.08. The van der Waals surface area contributed by atoms with Gasteiger partial charge < -0.3 is 19.7 Å². The van der Waals surface area contributed by atoms with Crippen LogP contribution in [0.1, 0.15) is 35.3 Å². The Morgan fingerprint density at radius 2 is 1.91 bits per heavy atom. The molecule has 1 aromatic heterocycles. The number of piperidine rings is 1. The highest BCUT2D eigenvalue weighted by molar-refractivity contribution is 6.08. The average molecular weight is 445 g/mol. The molecule has 0 saturated carbocycles. The number of nitrogens with zero attached hydrogens (tertiary/aromatic N) is 3. The van der Waals surface area contributed by atoms with Crippen molar-refractivity contribution in [1.82, 2.24) is 15.3 Å². The fourth-order valence-corrected chi connectivity index (χ4v) is 4.46. The third-order valence-corrected chi connectivity index (χ3v) is 6.37. The highest BCUT2D eigenvalue weighted by Gasteiger charge is 2.31. The lowest BCUT2D eigenvalue weighted by molar-refractivity contribution is 0.0992. The van der Waals surface area contributed by atoms with Crippen LogP contribution in [0.4, 0.5) is 5.69 Å². The summed E-state index contributed by atoms with van der Waals surface area (Å²) in [5.41, 5.74) is 2.91. The average Bonchev–Trinajstić information content (AvgIpc) is 3.21. The van der Waals surface area contributed by atoms with Crippen molar-refractivity contribution >= 4 is 11.6 Å². The lowest BCUT2D eigenvalue weighted by Gasteiger charge is -2.23. The van der Waals surface area contributed by atoms with Gasteiger partial charge in [-0.15, -0.1) is 0 Å². The molecule has 1 amide bonds. The molecule has 170 valence electrons. The minimum Gasteiger partial charge on any atom is -0.493 e. The van der Waals surface area contributed by atoms with Crippen LogP contribution in [0.5, 0.6) is 11.5 Å². The maximum Gasteiger partial charge on any atom is 0.277 e. The molecule has 2 aromatic carbocycles. The molecular weight excluding hydrogens is 416 g/mol. The highest BCUT2D eigenvalue weighted by Crippen LogP contribution is 2.35. The van der Waals surface area contributed by atoms with E-state index in [1.54, 1.807) is 18.2 Å². The molecule has 1 N–H and O–H groups in total. The Bertz CT molecular complexity index is 1130. The number of benzene rings is 2. The molecule has 1 fully saturated rings. The molecule has 0 atom stereocenters. The van der Waals surface area contributed by atoms with Gasteiger partial charge in [-0.25, -0.2) is 9.97 Å². The van der Waals surface area contributed by atoms with Crippen molar-refractivity contribution in [3.8, 4) is 22.9 Å². The van der Waals surface area contributed by atoms with Crippen LogP contribution in [0.25, 0.3) is 11.4 Å². The Morgan fingerprint density at radius 3 is 2.70 bits per heavy atom. The zero-order valence-electron chi connectivity index (χ0n) is 18.8. The van der Waals surface area contributed by atoms with Gasteiger partial charge in [0, 0.05) is 29.1 Å². The van der Waals surface area contributed by atoms with E-state index in [-0.39, 0.29) is 5.91 Å². The molecule has 33 heavy (non-hydrogen) atoms. The van der Waals surface area contributed by atoms with Crippen molar-refractivity contribution < 1.29 is 14.3 Å². The van der Waals surface area contributed by atoms with Crippen molar-refractivity contribution in [3.63, 3.8) is 0 Å². The number of amides is 1. The van der Waals surface area contributed by atoms with E-state index in [0.29, 0.717) is 42.1 Å². The topological polar surface area (TPSA) is 76.6 Å². The zero-order valence-corrected chi connectivity index (χ0v) is 18.8. The van der Waals surface area contributed by atoms with E-state index < -0.39 is 0 Å². The molecule has 7 nitrogen and oxygen atoms in total. The van der Waals surface area contributed by atoms with E-state index in [0.717, 1.165) is 36.3 Å². The van der Waals surface area contributed by atoms with Crippen LogP contribution in [0, 0.1) is 5.92 Å². The molecular formula is C26H28N4O3. The molecule has 2 aliphatic rings. The van der Waals surface area contributed by atoms with Gasteiger partial charge in [-0.05, 0) is 50.4 Å². The SMILES string of the molecule is COc1cc(N2Cc3cnc(-c4ccccc4)nc3C2=O)ccc1OCCC1CCNCC1. The summed E-state index contributed by atoms with van der Waals surface area (Å²) in [5, 5.41) is 3.39. The van der Waals surface area contributed by atoms with Gasteiger partial charge in [0.05, 0.1) is 20.3 Å². The molecule has 0 bridgehead atoms. The summed E-state index contributed by atoms with van der Waals surface area (Å²) in [4.78, 5) is 23.9. The maximum absolute atomic E-state index is 13.2. The van der Waals surface area contributed by atoms with Gasteiger partial charge in [0.1, 0.15) is 5.69 Å². The lowest BCUT2D eigenvalue weighted by atomic mass is 9.95. The van der Waals surface area contributed by atoms with E-state index in [9.17, 15) is 4.79 Å². The van der Waals surface area contributed by atoms with Crippen LogP contribution < -0.4 is 19.7 Å². The monoisotopic (exact) mass is 444 g/mol. The Labute approximate surface area is 193 Å². The third kappa shape index (κ3) is 4.54. The van der Waals surface area contributed by atoms with Gasteiger partial charge in [0.25, 0.3) is 5.91 Å². The molecule has 0 radical (unpaired) electrons. The van der Waals surface area contributed by atoms with Crippen molar-refractivity contribution in [2.45, 2.75) is 25.8 Å². The number of ether oxygens (including phenoxy) is 2. The fraction of sp³-hybridized carbons (Fsp3) is 0.346. The Hall–Kier alpha value is -3.45. The van der Waals surface area contributed by atoms with Gasteiger partial charge in [-0.2, -0.15) is 0 Å². The first kappa shape index (κ1) is 21.4. The molecule has 3 heterocycles. The Morgan fingerprint density at radius 1 is 1.09 bits per heavy atom.